The Balaban J connectivity index is 1.34. The van der Waals surface area contributed by atoms with Crippen LogP contribution in [0.5, 0.6) is 0 Å². The molecule has 7 rings (SSSR count). The number of rotatable bonds is 3. The molecular weight excluding hydrogens is 426 g/mol. The van der Waals surface area contributed by atoms with Gasteiger partial charge in [0.25, 0.3) is 0 Å². The maximum absolute atomic E-state index is 5.00. The van der Waals surface area contributed by atoms with Crippen molar-refractivity contribution in [3.63, 3.8) is 0 Å². The molecule has 35 heavy (non-hydrogen) atoms. The Hall–Kier alpha value is -4.63. The first-order chi connectivity index (χ1) is 17.3. The number of hydrogen-bond donors (Lipinski definition) is 0. The fourth-order valence-corrected chi connectivity index (χ4v) is 5.05. The lowest BCUT2D eigenvalue weighted by Gasteiger charge is -2.08. The Bertz CT molecular complexity index is 1820. The van der Waals surface area contributed by atoms with E-state index >= 15 is 0 Å². The highest BCUT2D eigenvalue weighted by Crippen LogP contribution is 2.31. The standard InChI is InChI=1S/C32H23N3/c1-22-11-20-30-31(21-22)35-29-10-6-5-9-28(29)33-32(35)34(30)27-18-16-26(17-19-27)25-14-12-24(13-15-25)23-7-3-2-4-8-23/h2-21H,1H3. The van der Waals surface area contributed by atoms with Gasteiger partial charge in [0.1, 0.15) is 0 Å². The molecular formula is C32H23N3. The van der Waals surface area contributed by atoms with E-state index in [1.54, 1.807) is 0 Å². The van der Waals surface area contributed by atoms with Gasteiger partial charge in [-0.15, -0.1) is 0 Å². The van der Waals surface area contributed by atoms with Crippen molar-refractivity contribution in [3.8, 4) is 27.9 Å². The molecule has 0 unspecified atom stereocenters. The Labute approximate surface area is 203 Å². The maximum atomic E-state index is 5.00. The first kappa shape index (κ1) is 19.8. The Kier molecular flexibility index (Phi) is 4.36. The number of aryl methyl sites for hydroxylation is 1. The number of aromatic nitrogens is 3. The molecule has 2 aromatic heterocycles. The predicted octanol–water partition coefficient (Wildman–Crippen LogP) is 8.07. The summed E-state index contributed by atoms with van der Waals surface area (Å²) in [5, 5.41) is 0. The second kappa shape index (κ2) is 7.71. The minimum atomic E-state index is 0.937. The summed E-state index contributed by atoms with van der Waals surface area (Å²) >= 11 is 0. The molecule has 0 amide bonds. The molecule has 0 saturated carbocycles. The normalized spacial score (nSPS) is 11.6. The van der Waals surface area contributed by atoms with E-state index in [1.807, 2.05) is 6.07 Å². The average Bonchev–Trinajstić information content (AvgIpc) is 3.44. The van der Waals surface area contributed by atoms with Crippen molar-refractivity contribution >= 4 is 27.8 Å². The van der Waals surface area contributed by atoms with Gasteiger partial charge >= 0.3 is 0 Å². The van der Waals surface area contributed by atoms with Crippen LogP contribution in [0.2, 0.25) is 0 Å². The van der Waals surface area contributed by atoms with Crippen LogP contribution >= 0.6 is 0 Å². The van der Waals surface area contributed by atoms with E-state index in [0.29, 0.717) is 0 Å². The molecule has 0 bridgehead atoms. The molecule has 0 fully saturated rings. The first-order valence-electron chi connectivity index (χ1n) is 11.9. The molecule has 0 saturated heterocycles. The van der Waals surface area contributed by atoms with Gasteiger partial charge in [0, 0.05) is 5.69 Å². The molecule has 0 aliphatic rings. The van der Waals surface area contributed by atoms with Gasteiger partial charge in [0.05, 0.1) is 22.1 Å². The Morgan fingerprint density at radius 2 is 1.11 bits per heavy atom. The summed E-state index contributed by atoms with van der Waals surface area (Å²) in [6, 6.07) is 43.0. The van der Waals surface area contributed by atoms with Crippen LogP contribution in [0.3, 0.4) is 0 Å². The molecule has 0 N–H and O–H groups in total. The molecule has 5 aromatic carbocycles. The minimum absolute atomic E-state index is 0.937. The maximum Gasteiger partial charge on any atom is 0.220 e. The summed E-state index contributed by atoms with van der Waals surface area (Å²) in [6.07, 6.45) is 0. The third-order valence-corrected chi connectivity index (χ3v) is 6.81. The van der Waals surface area contributed by atoms with Crippen LogP contribution in [0.1, 0.15) is 5.56 Å². The van der Waals surface area contributed by atoms with Crippen molar-refractivity contribution in [2.75, 3.05) is 0 Å². The summed E-state index contributed by atoms with van der Waals surface area (Å²) in [6.45, 7) is 2.14. The zero-order valence-corrected chi connectivity index (χ0v) is 19.4. The van der Waals surface area contributed by atoms with Crippen molar-refractivity contribution in [3.05, 3.63) is 127 Å². The Morgan fingerprint density at radius 3 is 1.83 bits per heavy atom. The van der Waals surface area contributed by atoms with Gasteiger partial charge in [-0.05, 0) is 71.1 Å². The number of hydrogen-bond acceptors (Lipinski definition) is 1. The van der Waals surface area contributed by atoms with Gasteiger partial charge in [-0.3, -0.25) is 8.97 Å². The van der Waals surface area contributed by atoms with E-state index in [0.717, 1.165) is 28.0 Å². The molecule has 0 spiro atoms. The van der Waals surface area contributed by atoms with Crippen LogP contribution < -0.4 is 0 Å². The first-order valence-corrected chi connectivity index (χ1v) is 11.9. The molecule has 166 valence electrons. The molecule has 0 atom stereocenters. The number of fused-ring (bicyclic) bond motifs is 5. The number of benzene rings is 5. The van der Waals surface area contributed by atoms with Crippen LogP contribution in [0.25, 0.3) is 55.8 Å². The van der Waals surface area contributed by atoms with Crippen molar-refractivity contribution in [1.82, 2.24) is 14.0 Å². The van der Waals surface area contributed by atoms with Crippen molar-refractivity contribution in [2.45, 2.75) is 6.92 Å². The molecule has 0 aliphatic heterocycles. The van der Waals surface area contributed by atoms with Crippen LogP contribution in [0.15, 0.2) is 121 Å². The monoisotopic (exact) mass is 449 g/mol. The highest BCUT2D eigenvalue weighted by atomic mass is 15.2. The van der Waals surface area contributed by atoms with Crippen LogP contribution in [0, 0.1) is 6.92 Å². The third-order valence-electron chi connectivity index (χ3n) is 6.81. The second-order valence-electron chi connectivity index (χ2n) is 9.05. The molecule has 7 aromatic rings. The lowest BCUT2D eigenvalue weighted by atomic mass is 10.0. The zero-order valence-electron chi connectivity index (χ0n) is 19.4. The van der Waals surface area contributed by atoms with Gasteiger partial charge in [-0.2, -0.15) is 0 Å². The fourth-order valence-electron chi connectivity index (χ4n) is 5.05. The highest BCUT2D eigenvalue weighted by molar-refractivity contribution is 5.92. The largest absolute Gasteiger partial charge is 0.278 e. The Morgan fingerprint density at radius 1 is 0.514 bits per heavy atom. The molecule has 3 heteroatoms. The summed E-state index contributed by atoms with van der Waals surface area (Å²) in [5.41, 5.74) is 11.7. The quantitative estimate of drug-likeness (QED) is 0.267. The van der Waals surface area contributed by atoms with Gasteiger partial charge in [-0.1, -0.05) is 84.9 Å². The van der Waals surface area contributed by atoms with Crippen LogP contribution in [-0.2, 0) is 0 Å². The van der Waals surface area contributed by atoms with E-state index in [-0.39, 0.29) is 0 Å². The molecule has 0 aliphatic carbocycles. The minimum Gasteiger partial charge on any atom is -0.278 e. The topological polar surface area (TPSA) is 22.2 Å². The van der Waals surface area contributed by atoms with Crippen LogP contribution in [-0.4, -0.2) is 14.0 Å². The third kappa shape index (κ3) is 3.17. The van der Waals surface area contributed by atoms with Gasteiger partial charge in [0.2, 0.25) is 5.78 Å². The highest BCUT2D eigenvalue weighted by Gasteiger charge is 2.17. The second-order valence-corrected chi connectivity index (χ2v) is 9.05. The van der Waals surface area contributed by atoms with E-state index < -0.39 is 0 Å². The molecule has 2 heterocycles. The van der Waals surface area contributed by atoms with E-state index in [4.69, 9.17) is 4.98 Å². The predicted molar refractivity (Wildman–Crippen MR) is 145 cm³/mol. The molecule has 0 radical (unpaired) electrons. The number of nitrogens with zero attached hydrogens (tertiary/aromatic N) is 3. The SMILES string of the molecule is Cc1ccc2c(c1)n1c3ccccc3nc1n2-c1ccc(-c2ccc(-c3ccccc3)cc2)cc1. The van der Waals surface area contributed by atoms with Gasteiger partial charge < -0.3 is 0 Å². The van der Waals surface area contributed by atoms with E-state index in [2.05, 4.69) is 131 Å². The van der Waals surface area contributed by atoms with E-state index in [9.17, 15) is 0 Å². The van der Waals surface area contributed by atoms with Gasteiger partial charge in [-0.25, -0.2) is 4.98 Å². The van der Waals surface area contributed by atoms with Crippen molar-refractivity contribution < 1.29 is 0 Å². The fraction of sp³-hybridized carbons (Fsp3) is 0.0312. The summed E-state index contributed by atoms with van der Waals surface area (Å²) in [5.74, 6) is 0.937. The van der Waals surface area contributed by atoms with Gasteiger partial charge in [0.15, 0.2) is 0 Å². The summed E-state index contributed by atoms with van der Waals surface area (Å²) < 4.78 is 4.53. The lowest BCUT2D eigenvalue weighted by Crippen LogP contribution is -1.95. The number of imidazole rings is 2. The van der Waals surface area contributed by atoms with E-state index in [1.165, 1.54) is 33.3 Å². The summed E-state index contributed by atoms with van der Waals surface area (Å²) in [4.78, 5) is 5.00. The summed E-state index contributed by atoms with van der Waals surface area (Å²) in [7, 11) is 0. The van der Waals surface area contributed by atoms with Crippen molar-refractivity contribution in [2.24, 2.45) is 0 Å². The lowest BCUT2D eigenvalue weighted by molar-refractivity contribution is 1.11. The molecule has 3 nitrogen and oxygen atoms in total. The average molecular weight is 450 g/mol. The number of para-hydroxylation sites is 2. The van der Waals surface area contributed by atoms with Crippen LogP contribution in [0.4, 0.5) is 0 Å². The van der Waals surface area contributed by atoms with Crippen molar-refractivity contribution in [1.29, 1.82) is 0 Å². The smallest absolute Gasteiger partial charge is 0.220 e. The zero-order chi connectivity index (χ0) is 23.4.